The second kappa shape index (κ2) is 11.2. The second-order valence-corrected chi connectivity index (χ2v) is 31.9. The van der Waals surface area contributed by atoms with Crippen molar-refractivity contribution in [3.05, 3.63) is 29.3 Å². The molecule has 2 aliphatic rings. The smallest absolute Gasteiger partial charge is 0.200 e. The lowest BCUT2D eigenvalue weighted by Gasteiger charge is -2.57. The monoisotopic (exact) mass is 574 g/mol. The van der Waals surface area contributed by atoms with Gasteiger partial charge in [-0.05, 0) is 64.5 Å². The van der Waals surface area contributed by atoms with Gasteiger partial charge in [0.15, 0.2) is 19.8 Å². The first-order chi connectivity index (χ1) is 17.4. The molecule has 0 amide bonds. The van der Waals surface area contributed by atoms with E-state index in [4.69, 9.17) is 9.16 Å². The number of hydrogen-bond acceptors (Lipinski definition) is 3. The van der Waals surface area contributed by atoms with Gasteiger partial charge in [0.2, 0.25) is 0 Å². The van der Waals surface area contributed by atoms with E-state index in [-0.39, 0.29) is 5.41 Å². The third-order valence-corrected chi connectivity index (χ3v) is 22.7. The highest BCUT2D eigenvalue weighted by molar-refractivity contribution is 6.83. The summed E-state index contributed by atoms with van der Waals surface area (Å²) in [6.07, 6.45) is 8.14. The summed E-state index contributed by atoms with van der Waals surface area (Å²) in [5, 5.41) is 11.7. The van der Waals surface area contributed by atoms with Crippen LogP contribution < -0.4 is 4.74 Å². The van der Waals surface area contributed by atoms with E-state index in [2.05, 4.69) is 99.0 Å². The molecule has 2 aliphatic carbocycles. The molecule has 0 heterocycles. The predicted octanol–water partition coefficient (Wildman–Crippen LogP) is 10.1. The third kappa shape index (κ3) is 5.53. The van der Waals surface area contributed by atoms with Crippen LogP contribution in [0.1, 0.15) is 71.9 Å². The van der Waals surface area contributed by atoms with E-state index in [9.17, 15) is 5.11 Å². The topological polar surface area (TPSA) is 38.7 Å². The number of aromatic hydroxyl groups is 1. The molecule has 216 valence electrons. The molecule has 1 aromatic rings. The molecule has 3 unspecified atom stereocenters. The lowest BCUT2D eigenvalue weighted by molar-refractivity contribution is 0.152. The van der Waals surface area contributed by atoms with Crippen LogP contribution in [0.4, 0.5) is 0 Å². The molecule has 3 rings (SSSR count). The number of phenols is 1. The summed E-state index contributed by atoms with van der Waals surface area (Å²) < 4.78 is 12.9. The van der Waals surface area contributed by atoms with Gasteiger partial charge in [0.05, 0.1) is 7.11 Å². The third-order valence-electron chi connectivity index (χ3n) is 10.5. The van der Waals surface area contributed by atoms with Crippen molar-refractivity contribution in [2.45, 2.75) is 133 Å². The van der Waals surface area contributed by atoms with Crippen LogP contribution in [0, 0.1) is 5.92 Å². The number of ether oxygens (including phenoxy) is 1. The minimum Gasteiger partial charge on any atom is -0.504 e. The highest BCUT2D eigenvalue weighted by Crippen LogP contribution is 2.64. The van der Waals surface area contributed by atoms with Crippen LogP contribution in [0.2, 0.25) is 67.0 Å². The number of fused-ring (bicyclic) bond motifs is 3. The zero-order chi connectivity index (χ0) is 28.8. The van der Waals surface area contributed by atoms with Gasteiger partial charge in [-0.2, -0.15) is 0 Å². The first-order valence-electron chi connectivity index (χ1n) is 15.2. The van der Waals surface area contributed by atoms with Crippen LogP contribution >= 0.6 is 0 Å². The van der Waals surface area contributed by atoms with Gasteiger partial charge in [-0.15, -0.1) is 0 Å². The van der Waals surface area contributed by atoms with Gasteiger partial charge in [0.1, 0.15) is 0 Å². The quantitative estimate of drug-likeness (QED) is 0.283. The molecule has 0 radical (unpaired) electrons. The summed E-state index contributed by atoms with van der Waals surface area (Å²) in [7, 11) is -3.16. The molecule has 3 nitrogen and oxygen atoms in total. The first kappa shape index (κ1) is 31.7. The van der Waals surface area contributed by atoms with Crippen molar-refractivity contribution in [2.75, 3.05) is 13.7 Å². The molecule has 1 saturated carbocycles. The largest absolute Gasteiger partial charge is 0.504 e. The van der Waals surface area contributed by atoms with E-state index in [1.54, 1.807) is 7.11 Å². The Morgan fingerprint density at radius 1 is 0.895 bits per heavy atom. The average molecular weight is 575 g/mol. The van der Waals surface area contributed by atoms with Crippen LogP contribution in [-0.2, 0) is 9.84 Å². The molecule has 0 bridgehead atoms. The fourth-order valence-electron chi connectivity index (χ4n) is 8.72. The van der Waals surface area contributed by atoms with Gasteiger partial charge in [-0.3, -0.25) is 0 Å². The van der Waals surface area contributed by atoms with Gasteiger partial charge >= 0.3 is 0 Å². The average Bonchev–Trinajstić information content (AvgIpc) is 2.79. The number of methoxy groups -OCH3 is 1. The Morgan fingerprint density at radius 2 is 1.45 bits per heavy atom. The molecule has 0 spiro atoms. The number of phenolic OH excluding ortho intramolecular Hbond substituents is 1. The number of rotatable bonds is 10. The summed E-state index contributed by atoms with van der Waals surface area (Å²) >= 11 is 0. The van der Waals surface area contributed by atoms with E-state index < -0.39 is 24.5 Å². The Labute approximate surface area is 238 Å². The molecule has 0 aliphatic heterocycles. The molecule has 1 fully saturated rings. The normalized spacial score (nSPS) is 26.2. The second-order valence-electron chi connectivity index (χ2n) is 15.5. The van der Waals surface area contributed by atoms with Crippen molar-refractivity contribution in [1.29, 1.82) is 0 Å². The highest BCUT2D eigenvalue weighted by Gasteiger charge is 2.56. The molecular weight excluding hydrogens is 517 g/mol. The zero-order valence-electron chi connectivity index (χ0n) is 26.9. The summed E-state index contributed by atoms with van der Waals surface area (Å²) in [4.78, 5) is 0. The van der Waals surface area contributed by atoms with E-state index in [0.717, 1.165) is 36.1 Å². The zero-order valence-corrected chi connectivity index (χ0v) is 29.9. The van der Waals surface area contributed by atoms with E-state index in [1.807, 2.05) is 6.07 Å². The molecular formula is C32H58O3Si3. The van der Waals surface area contributed by atoms with Crippen LogP contribution in [0.15, 0.2) is 18.2 Å². The van der Waals surface area contributed by atoms with Crippen LogP contribution in [0.3, 0.4) is 0 Å². The van der Waals surface area contributed by atoms with Crippen LogP contribution in [0.5, 0.6) is 11.5 Å². The summed E-state index contributed by atoms with van der Waals surface area (Å²) in [6, 6.07) is 4.09. The summed E-state index contributed by atoms with van der Waals surface area (Å²) in [5.41, 5.74) is 5.44. The summed E-state index contributed by atoms with van der Waals surface area (Å²) in [5.74, 6) is 1.39. The van der Waals surface area contributed by atoms with Crippen LogP contribution in [-0.4, -0.2) is 43.3 Å². The maximum Gasteiger partial charge on any atom is 0.200 e. The Balaban J connectivity index is 2.16. The summed E-state index contributed by atoms with van der Waals surface area (Å²) in [6.45, 7) is 30.5. The molecule has 6 heteroatoms. The number of benzene rings is 1. The van der Waals surface area contributed by atoms with Crippen molar-refractivity contribution in [3.63, 3.8) is 0 Å². The molecule has 4 atom stereocenters. The Bertz CT molecular complexity index is 981. The fraction of sp³-hybridized carbons (Fsp3) is 0.750. The molecule has 1 N–H and O–H groups in total. The van der Waals surface area contributed by atoms with Gasteiger partial charge in [-0.1, -0.05) is 99.0 Å². The maximum atomic E-state index is 11.7. The van der Waals surface area contributed by atoms with E-state index in [0.29, 0.717) is 34.0 Å². The minimum absolute atomic E-state index is 0.116. The molecule has 38 heavy (non-hydrogen) atoms. The van der Waals surface area contributed by atoms with Crippen molar-refractivity contribution in [3.8, 4) is 11.5 Å². The van der Waals surface area contributed by atoms with Crippen molar-refractivity contribution in [1.82, 2.24) is 0 Å². The van der Waals surface area contributed by atoms with Crippen molar-refractivity contribution >= 4 is 30.5 Å². The van der Waals surface area contributed by atoms with Gasteiger partial charge in [0, 0.05) is 33.7 Å². The van der Waals surface area contributed by atoms with Crippen molar-refractivity contribution in [2.24, 2.45) is 5.92 Å². The number of hydrogen-bond donors (Lipinski definition) is 1. The van der Waals surface area contributed by atoms with Gasteiger partial charge in [-0.25, -0.2) is 0 Å². The maximum absolute atomic E-state index is 11.7. The Kier molecular flexibility index (Phi) is 9.35. The van der Waals surface area contributed by atoms with E-state index in [1.165, 1.54) is 12.0 Å². The lowest BCUT2D eigenvalue weighted by atomic mass is 9.57. The Morgan fingerprint density at radius 3 is 1.92 bits per heavy atom. The van der Waals surface area contributed by atoms with Crippen molar-refractivity contribution < 1.29 is 14.3 Å². The lowest BCUT2D eigenvalue weighted by Crippen LogP contribution is -2.53. The van der Waals surface area contributed by atoms with E-state index >= 15 is 0 Å². The highest BCUT2D eigenvalue weighted by atomic mass is 28.4. The number of allylic oxidation sites excluding steroid dienone is 1. The minimum atomic E-state index is -1.98. The molecule has 1 aromatic carbocycles. The standard InChI is InChI=1S/C32H58O3Si3/c1-22(2)38(23(3)4,24(5)6)35-19-18-32-21-29(37(11,12)13)28(36(8,9)10)20-26(32)16-14-25-15-17-27(34-7)31(33)30(25)32/h14-17,22-24,26,28-29,33H,18-21H2,1-13H3/t26?,28?,29?,32-/m0/s1. The predicted molar refractivity (Wildman–Crippen MR) is 174 cm³/mol. The fourth-order valence-corrected chi connectivity index (χ4v) is 21.8. The molecule has 0 saturated heterocycles. The first-order valence-corrected chi connectivity index (χ1v) is 24.5. The van der Waals surface area contributed by atoms with Gasteiger partial charge < -0.3 is 14.3 Å². The van der Waals surface area contributed by atoms with Gasteiger partial charge in [0.25, 0.3) is 0 Å². The molecule has 0 aromatic heterocycles. The SMILES string of the molecule is COc1ccc2c(c1O)[C@@]1(CCO[Si](C(C)C)(C(C)C)C(C)C)CC([Si](C)(C)C)C([Si](C)(C)C)CC1C=C2. The van der Waals surface area contributed by atoms with Crippen LogP contribution in [0.25, 0.3) is 6.08 Å². The Hall–Kier alpha value is -0.829.